The van der Waals surface area contributed by atoms with Crippen LogP contribution in [0.15, 0.2) is 12.1 Å². The maximum absolute atomic E-state index is 11.3. The average molecular weight is 314 g/mol. The molecule has 0 unspecified atom stereocenters. The molecule has 1 aliphatic heterocycles. The van der Waals surface area contributed by atoms with Crippen molar-refractivity contribution in [1.82, 2.24) is 0 Å². The summed E-state index contributed by atoms with van der Waals surface area (Å²) in [6, 6.07) is 2.82. The Morgan fingerprint density at radius 3 is 2.71 bits per heavy atom. The maximum atomic E-state index is 11.3. The molecule has 0 bridgehead atoms. The van der Waals surface area contributed by atoms with E-state index in [2.05, 4.69) is 10.6 Å². The van der Waals surface area contributed by atoms with E-state index in [4.69, 9.17) is 5.14 Å². The lowest BCUT2D eigenvalue weighted by molar-refractivity contribution is -0.383. The average Bonchev–Trinajstić information content (AvgIpc) is 2.36. The summed E-state index contributed by atoms with van der Waals surface area (Å²) < 4.78 is 21.7. The van der Waals surface area contributed by atoms with E-state index in [1.807, 2.05) is 0 Å². The predicted molar refractivity (Wildman–Crippen MR) is 76.5 cm³/mol. The minimum absolute atomic E-state index is 0.0369. The van der Waals surface area contributed by atoms with Crippen molar-refractivity contribution in [2.24, 2.45) is 5.14 Å². The SMILES string of the molecule is NS(=O)(=O)CCNc1cc2c(cc1[N+](=O)[O-])NC(=O)CC2. The Bertz CT molecular complexity index is 701. The number of carbonyl (C=O) groups is 1. The van der Waals surface area contributed by atoms with Gasteiger partial charge < -0.3 is 10.6 Å². The van der Waals surface area contributed by atoms with Gasteiger partial charge in [-0.3, -0.25) is 14.9 Å². The van der Waals surface area contributed by atoms with Gasteiger partial charge >= 0.3 is 0 Å². The van der Waals surface area contributed by atoms with E-state index in [-0.39, 0.29) is 29.6 Å². The highest BCUT2D eigenvalue weighted by Gasteiger charge is 2.22. The highest BCUT2D eigenvalue weighted by atomic mass is 32.2. The number of hydrogen-bond acceptors (Lipinski definition) is 6. The third kappa shape index (κ3) is 3.89. The predicted octanol–water partition coefficient (Wildman–Crippen LogP) is 0.180. The number of nitrogens with two attached hydrogens (primary N) is 1. The number of fused-ring (bicyclic) bond motifs is 1. The summed E-state index contributed by atoms with van der Waals surface area (Å²) in [4.78, 5) is 21.8. The fourth-order valence-electron chi connectivity index (χ4n) is 2.04. The van der Waals surface area contributed by atoms with Crippen LogP contribution in [0.2, 0.25) is 0 Å². The van der Waals surface area contributed by atoms with Crippen LogP contribution in [0.1, 0.15) is 12.0 Å². The Labute approximate surface area is 120 Å². The molecule has 9 nitrogen and oxygen atoms in total. The number of anilines is 2. The monoisotopic (exact) mass is 314 g/mol. The van der Waals surface area contributed by atoms with Crippen LogP contribution in [0.5, 0.6) is 0 Å². The van der Waals surface area contributed by atoms with Gasteiger partial charge in [0.15, 0.2) is 0 Å². The van der Waals surface area contributed by atoms with Gasteiger partial charge in [-0.15, -0.1) is 0 Å². The molecule has 0 spiro atoms. The Hall–Kier alpha value is -2.20. The summed E-state index contributed by atoms with van der Waals surface area (Å²) in [5.74, 6) is -0.524. The summed E-state index contributed by atoms with van der Waals surface area (Å²) in [5.41, 5.74) is 1.15. The standard InChI is InChI=1S/C11H14N4O5S/c12-21(19,20)4-3-13-9-5-7-1-2-11(16)14-8(7)6-10(9)15(17)18/h5-6,13H,1-4H2,(H,14,16)(H2,12,19,20). The minimum Gasteiger partial charge on any atom is -0.378 e. The number of nitrogens with one attached hydrogen (secondary N) is 2. The fourth-order valence-corrected chi connectivity index (χ4v) is 2.42. The summed E-state index contributed by atoms with van der Waals surface area (Å²) in [6.07, 6.45) is 0.782. The van der Waals surface area contributed by atoms with Crippen molar-refractivity contribution in [2.45, 2.75) is 12.8 Å². The van der Waals surface area contributed by atoms with Gasteiger partial charge in [-0.1, -0.05) is 0 Å². The van der Waals surface area contributed by atoms with Crippen LogP contribution in [0.3, 0.4) is 0 Å². The molecule has 2 rings (SSSR count). The van der Waals surface area contributed by atoms with E-state index in [1.165, 1.54) is 6.07 Å². The normalized spacial score (nSPS) is 14.2. The van der Waals surface area contributed by atoms with E-state index in [0.717, 1.165) is 5.56 Å². The second kappa shape index (κ2) is 5.66. The number of primary sulfonamides is 1. The molecule has 0 aliphatic carbocycles. The third-order valence-electron chi connectivity index (χ3n) is 3.02. The number of hydrogen-bond donors (Lipinski definition) is 3. The second-order valence-corrected chi connectivity index (χ2v) is 6.36. The third-order valence-corrected chi connectivity index (χ3v) is 3.79. The molecular formula is C11H14N4O5S. The van der Waals surface area contributed by atoms with Crippen molar-refractivity contribution in [3.8, 4) is 0 Å². The zero-order valence-electron chi connectivity index (χ0n) is 11.0. The number of carbonyl (C=O) groups excluding carboxylic acids is 1. The van der Waals surface area contributed by atoms with Crippen molar-refractivity contribution >= 4 is 33.0 Å². The molecule has 114 valence electrons. The van der Waals surface area contributed by atoms with Gasteiger partial charge in [-0.2, -0.15) is 0 Å². The maximum Gasteiger partial charge on any atom is 0.294 e. The van der Waals surface area contributed by atoms with Gasteiger partial charge in [0, 0.05) is 19.0 Å². The van der Waals surface area contributed by atoms with Crippen LogP contribution >= 0.6 is 0 Å². The van der Waals surface area contributed by atoms with E-state index < -0.39 is 14.9 Å². The van der Waals surface area contributed by atoms with Crippen molar-refractivity contribution < 1.29 is 18.1 Å². The smallest absolute Gasteiger partial charge is 0.294 e. The van der Waals surface area contributed by atoms with E-state index in [0.29, 0.717) is 18.5 Å². The molecule has 4 N–H and O–H groups in total. The lowest BCUT2D eigenvalue weighted by Crippen LogP contribution is -2.23. The molecule has 0 saturated heterocycles. The zero-order valence-corrected chi connectivity index (χ0v) is 11.8. The Morgan fingerprint density at radius 1 is 1.38 bits per heavy atom. The van der Waals surface area contributed by atoms with Crippen molar-refractivity contribution in [3.05, 3.63) is 27.8 Å². The Kier molecular flexibility index (Phi) is 4.09. The van der Waals surface area contributed by atoms with Gasteiger partial charge in [0.1, 0.15) is 5.69 Å². The molecular weight excluding hydrogens is 300 g/mol. The summed E-state index contributed by atoms with van der Waals surface area (Å²) in [6.45, 7) is -0.0369. The number of nitrogens with zero attached hydrogens (tertiary/aromatic N) is 1. The first-order valence-electron chi connectivity index (χ1n) is 6.12. The summed E-state index contributed by atoms with van der Waals surface area (Å²) in [7, 11) is -3.64. The van der Waals surface area contributed by atoms with Crippen molar-refractivity contribution in [1.29, 1.82) is 0 Å². The molecule has 0 radical (unpaired) electrons. The first-order chi connectivity index (χ1) is 9.76. The minimum atomic E-state index is -3.64. The van der Waals surface area contributed by atoms with E-state index >= 15 is 0 Å². The van der Waals surface area contributed by atoms with Crippen LogP contribution < -0.4 is 15.8 Å². The molecule has 1 heterocycles. The molecule has 0 saturated carbocycles. The van der Waals surface area contributed by atoms with Crippen LogP contribution in [-0.2, 0) is 21.2 Å². The fraction of sp³-hybridized carbons (Fsp3) is 0.364. The number of rotatable bonds is 5. The molecule has 1 aliphatic rings. The molecule has 0 fully saturated rings. The number of nitro benzene ring substituents is 1. The lowest BCUT2D eigenvalue weighted by atomic mass is 10.0. The highest BCUT2D eigenvalue weighted by Crippen LogP contribution is 2.33. The molecule has 0 atom stereocenters. The molecule has 1 aromatic carbocycles. The first-order valence-corrected chi connectivity index (χ1v) is 7.83. The molecule has 10 heteroatoms. The van der Waals surface area contributed by atoms with Gasteiger partial charge in [0.25, 0.3) is 5.69 Å². The molecule has 1 amide bonds. The number of aryl methyl sites for hydroxylation is 1. The first kappa shape index (κ1) is 15.2. The quantitative estimate of drug-likeness (QED) is 0.522. The number of sulfonamides is 1. The number of amides is 1. The number of nitro groups is 1. The number of benzene rings is 1. The Balaban J connectivity index is 2.27. The van der Waals surface area contributed by atoms with Crippen molar-refractivity contribution in [2.75, 3.05) is 22.9 Å². The summed E-state index contributed by atoms with van der Waals surface area (Å²) in [5, 5.41) is 21.2. The topological polar surface area (TPSA) is 144 Å². The van der Waals surface area contributed by atoms with Crippen molar-refractivity contribution in [3.63, 3.8) is 0 Å². The Morgan fingerprint density at radius 2 is 2.10 bits per heavy atom. The van der Waals surface area contributed by atoms with Crippen LogP contribution in [0, 0.1) is 10.1 Å². The second-order valence-electron chi connectivity index (χ2n) is 4.63. The van der Waals surface area contributed by atoms with Crippen LogP contribution in [0.25, 0.3) is 0 Å². The van der Waals surface area contributed by atoms with Gasteiger partial charge in [0.05, 0.1) is 16.4 Å². The van der Waals surface area contributed by atoms with Gasteiger partial charge in [0.2, 0.25) is 15.9 Å². The van der Waals surface area contributed by atoms with E-state index in [9.17, 15) is 23.3 Å². The van der Waals surface area contributed by atoms with Gasteiger partial charge in [-0.05, 0) is 18.1 Å². The van der Waals surface area contributed by atoms with Crippen LogP contribution in [0.4, 0.5) is 17.1 Å². The molecule has 0 aromatic heterocycles. The molecule has 21 heavy (non-hydrogen) atoms. The van der Waals surface area contributed by atoms with E-state index in [1.54, 1.807) is 6.07 Å². The van der Waals surface area contributed by atoms with Crippen LogP contribution in [-0.4, -0.2) is 31.5 Å². The largest absolute Gasteiger partial charge is 0.378 e. The molecule has 1 aromatic rings. The lowest BCUT2D eigenvalue weighted by Gasteiger charge is -2.18. The zero-order chi connectivity index (χ0) is 15.6. The summed E-state index contributed by atoms with van der Waals surface area (Å²) >= 11 is 0. The van der Waals surface area contributed by atoms with Gasteiger partial charge in [-0.25, -0.2) is 13.6 Å². The highest BCUT2D eigenvalue weighted by molar-refractivity contribution is 7.89.